The molecular weight excluding hydrogens is 258 g/mol. The van der Waals surface area contributed by atoms with E-state index in [1.807, 2.05) is 30.3 Å². The molecule has 1 heterocycles. The van der Waals surface area contributed by atoms with Gasteiger partial charge >= 0.3 is 5.97 Å². The second-order valence-corrected chi connectivity index (χ2v) is 4.90. The molecule has 0 spiro atoms. The third kappa shape index (κ3) is 2.90. The minimum Gasteiger partial charge on any atom is -0.481 e. The highest BCUT2D eigenvalue weighted by atomic mass is 35.5. The monoisotopic (exact) mass is 267 g/mol. The Labute approximate surface area is 108 Å². The van der Waals surface area contributed by atoms with E-state index in [0.717, 1.165) is 16.2 Å². The zero-order valence-electron chi connectivity index (χ0n) is 8.89. The van der Waals surface area contributed by atoms with E-state index in [0.29, 0.717) is 11.6 Å². The van der Waals surface area contributed by atoms with Crippen molar-refractivity contribution in [2.24, 2.45) is 4.99 Å². The van der Waals surface area contributed by atoms with E-state index in [-0.39, 0.29) is 5.75 Å². The lowest BCUT2D eigenvalue weighted by molar-refractivity contribution is -0.133. The van der Waals surface area contributed by atoms with Gasteiger partial charge < -0.3 is 5.11 Å². The summed E-state index contributed by atoms with van der Waals surface area (Å²) < 4.78 is 0. The molecule has 0 radical (unpaired) electrons. The van der Waals surface area contributed by atoms with Gasteiger partial charge in [-0.05, 0) is 0 Å². The highest BCUT2D eigenvalue weighted by molar-refractivity contribution is 8.03. The molecular formula is C12H10ClNO2S. The number of aliphatic carboxylic acids is 1. The van der Waals surface area contributed by atoms with Gasteiger partial charge in [0, 0.05) is 10.5 Å². The average Bonchev–Trinajstić information content (AvgIpc) is 2.69. The zero-order valence-corrected chi connectivity index (χ0v) is 10.5. The molecule has 0 atom stereocenters. The van der Waals surface area contributed by atoms with Crippen LogP contribution in [0.25, 0.3) is 0 Å². The summed E-state index contributed by atoms with van der Waals surface area (Å²) in [5, 5.41) is 9.19. The maximum Gasteiger partial charge on any atom is 0.313 e. The fourth-order valence-corrected chi connectivity index (χ4v) is 2.56. The first-order valence-corrected chi connectivity index (χ1v) is 6.38. The Hall–Kier alpha value is -1.26. The van der Waals surface area contributed by atoms with Gasteiger partial charge in [0.2, 0.25) is 0 Å². The van der Waals surface area contributed by atoms with Crippen molar-refractivity contribution in [2.75, 3.05) is 12.3 Å². The Balaban J connectivity index is 2.15. The summed E-state index contributed by atoms with van der Waals surface area (Å²) in [4.78, 5) is 15.7. The van der Waals surface area contributed by atoms with E-state index in [1.165, 1.54) is 11.8 Å². The summed E-state index contributed by atoms with van der Waals surface area (Å²) in [6, 6.07) is 9.64. The molecule has 5 heteroatoms. The number of carboxylic acids is 1. The SMILES string of the molecule is O=C(O)CSC1=C(Cl)C(c2ccccc2)=NC1. The highest BCUT2D eigenvalue weighted by Crippen LogP contribution is 2.30. The van der Waals surface area contributed by atoms with Crippen LogP contribution in [0.4, 0.5) is 0 Å². The van der Waals surface area contributed by atoms with E-state index >= 15 is 0 Å². The third-order valence-electron chi connectivity index (χ3n) is 2.25. The van der Waals surface area contributed by atoms with Crippen LogP contribution in [0.5, 0.6) is 0 Å². The van der Waals surface area contributed by atoms with Crippen LogP contribution in [-0.2, 0) is 4.79 Å². The van der Waals surface area contributed by atoms with Crippen LogP contribution in [0.15, 0.2) is 45.3 Å². The van der Waals surface area contributed by atoms with Crippen molar-refractivity contribution in [2.45, 2.75) is 0 Å². The average molecular weight is 268 g/mol. The Bertz CT molecular complexity index is 496. The van der Waals surface area contributed by atoms with Crippen molar-refractivity contribution in [1.29, 1.82) is 0 Å². The van der Waals surface area contributed by atoms with Gasteiger partial charge in [0.25, 0.3) is 0 Å². The molecule has 0 amide bonds. The minimum absolute atomic E-state index is 0.0170. The number of allylic oxidation sites excluding steroid dienone is 1. The molecule has 1 aliphatic rings. The maximum atomic E-state index is 10.5. The van der Waals surface area contributed by atoms with Crippen molar-refractivity contribution in [3.8, 4) is 0 Å². The number of halogens is 1. The topological polar surface area (TPSA) is 49.7 Å². The van der Waals surface area contributed by atoms with Crippen molar-refractivity contribution in [3.63, 3.8) is 0 Å². The lowest BCUT2D eigenvalue weighted by atomic mass is 10.1. The summed E-state index contributed by atoms with van der Waals surface area (Å²) >= 11 is 7.43. The van der Waals surface area contributed by atoms with Crippen molar-refractivity contribution >= 4 is 35.0 Å². The van der Waals surface area contributed by atoms with Crippen molar-refractivity contribution in [3.05, 3.63) is 45.8 Å². The number of aliphatic imine (C=N–C) groups is 1. The summed E-state index contributed by atoms with van der Waals surface area (Å²) in [6.07, 6.45) is 0. The van der Waals surface area contributed by atoms with Gasteiger partial charge in [0.15, 0.2) is 0 Å². The van der Waals surface area contributed by atoms with Crippen LogP contribution >= 0.6 is 23.4 Å². The lowest BCUT2D eigenvalue weighted by Gasteiger charge is -2.01. The lowest BCUT2D eigenvalue weighted by Crippen LogP contribution is -2.00. The molecule has 0 fully saturated rings. The maximum absolute atomic E-state index is 10.5. The summed E-state index contributed by atoms with van der Waals surface area (Å²) in [6.45, 7) is 0.473. The predicted octanol–water partition coefficient (Wildman–Crippen LogP) is 2.76. The standard InChI is InChI=1S/C12H10ClNO2S/c13-11-9(17-7-10(15)16)6-14-12(11)8-4-2-1-3-5-8/h1-5H,6-7H2,(H,15,16). The van der Waals surface area contributed by atoms with E-state index in [4.69, 9.17) is 16.7 Å². The van der Waals surface area contributed by atoms with Gasteiger partial charge in [-0.2, -0.15) is 0 Å². The molecule has 0 unspecified atom stereocenters. The van der Waals surface area contributed by atoms with E-state index in [1.54, 1.807) is 0 Å². The van der Waals surface area contributed by atoms with Crippen LogP contribution in [0.3, 0.4) is 0 Å². The number of hydrogen-bond acceptors (Lipinski definition) is 3. The Morgan fingerprint density at radius 3 is 2.76 bits per heavy atom. The number of rotatable bonds is 4. The van der Waals surface area contributed by atoms with Gasteiger partial charge in [-0.15, -0.1) is 11.8 Å². The molecule has 1 aliphatic heterocycles. The number of carboxylic acid groups (broad SMARTS) is 1. The van der Waals surface area contributed by atoms with Gasteiger partial charge in [0.1, 0.15) is 0 Å². The van der Waals surface area contributed by atoms with Crippen LogP contribution in [0.2, 0.25) is 0 Å². The number of carbonyl (C=O) groups is 1. The molecule has 17 heavy (non-hydrogen) atoms. The second kappa shape index (κ2) is 5.38. The first-order chi connectivity index (χ1) is 8.18. The van der Waals surface area contributed by atoms with Gasteiger partial charge in [-0.25, -0.2) is 0 Å². The summed E-state index contributed by atoms with van der Waals surface area (Å²) in [5.74, 6) is -0.830. The molecule has 3 nitrogen and oxygen atoms in total. The molecule has 0 saturated carbocycles. The largest absolute Gasteiger partial charge is 0.481 e. The molecule has 0 aliphatic carbocycles. The Morgan fingerprint density at radius 1 is 1.41 bits per heavy atom. The van der Waals surface area contributed by atoms with E-state index in [9.17, 15) is 4.79 Å². The zero-order chi connectivity index (χ0) is 12.3. The quantitative estimate of drug-likeness (QED) is 0.913. The summed E-state index contributed by atoms with van der Waals surface area (Å²) in [5.41, 5.74) is 1.71. The number of nitrogens with zero attached hydrogens (tertiary/aromatic N) is 1. The molecule has 0 saturated heterocycles. The number of hydrogen-bond donors (Lipinski definition) is 1. The van der Waals surface area contributed by atoms with Crippen LogP contribution in [0.1, 0.15) is 5.56 Å². The fourth-order valence-electron chi connectivity index (χ4n) is 1.49. The van der Waals surface area contributed by atoms with Gasteiger partial charge in [0.05, 0.1) is 23.0 Å². The molecule has 1 N–H and O–H groups in total. The van der Waals surface area contributed by atoms with E-state index in [2.05, 4.69) is 4.99 Å². The molecule has 1 aromatic carbocycles. The Morgan fingerprint density at radius 2 is 2.12 bits per heavy atom. The van der Waals surface area contributed by atoms with Crippen molar-refractivity contribution < 1.29 is 9.90 Å². The Kier molecular flexibility index (Phi) is 3.86. The van der Waals surface area contributed by atoms with Gasteiger partial charge in [-0.3, -0.25) is 9.79 Å². The fraction of sp³-hybridized carbons (Fsp3) is 0.167. The van der Waals surface area contributed by atoms with Crippen LogP contribution in [-0.4, -0.2) is 29.1 Å². The first kappa shape index (κ1) is 12.2. The van der Waals surface area contributed by atoms with E-state index < -0.39 is 5.97 Å². The number of thioether (sulfide) groups is 1. The minimum atomic E-state index is -0.847. The number of benzene rings is 1. The molecule has 88 valence electrons. The predicted molar refractivity (Wildman–Crippen MR) is 70.8 cm³/mol. The van der Waals surface area contributed by atoms with Crippen molar-refractivity contribution in [1.82, 2.24) is 0 Å². The third-order valence-corrected chi connectivity index (χ3v) is 3.84. The summed E-state index contributed by atoms with van der Waals surface area (Å²) in [7, 11) is 0. The second-order valence-electron chi connectivity index (χ2n) is 3.45. The smallest absolute Gasteiger partial charge is 0.313 e. The highest BCUT2D eigenvalue weighted by Gasteiger charge is 2.19. The van der Waals surface area contributed by atoms with Gasteiger partial charge in [-0.1, -0.05) is 41.9 Å². The van der Waals surface area contributed by atoms with Crippen LogP contribution < -0.4 is 0 Å². The van der Waals surface area contributed by atoms with Crippen LogP contribution in [0, 0.1) is 0 Å². The first-order valence-electron chi connectivity index (χ1n) is 5.02. The molecule has 0 aromatic heterocycles. The molecule has 1 aromatic rings. The normalized spacial score (nSPS) is 15.0. The molecule has 0 bridgehead atoms. The molecule has 2 rings (SSSR count).